The molecule has 0 aliphatic carbocycles. The number of phenols is 1. The molecule has 6 heterocycles. The molecule has 12 aromatic rings. The SMILES string of the molecule is CC(C)(C)c1cc(Br)cc(-n2ccnc2)c1.CC(C)(C)c1cc(Oc2ccc3c4ccccc4n(-c4cc(C(C)(C)C)ccn4)c3c2)cc(-n2ccnc2)c1.CC(C)(C)c1ccnc(-n2c3ccccc3c3ccc(O)cc32)c1. The van der Waals surface area contributed by atoms with Gasteiger partial charge in [-0.25, -0.2) is 19.9 Å². The van der Waals surface area contributed by atoms with Crippen LogP contribution in [-0.2, 0) is 21.7 Å². The molecular formula is C68H69BrN8O2. The Morgan fingerprint density at radius 3 is 1.35 bits per heavy atom. The topological polar surface area (TPSA) is 101 Å². The van der Waals surface area contributed by atoms with E-state index in [0.29, 0.717) is 0 Å². The van der Waals surface area contributed by atoms with Crippen LogP contribution < -0.4 is 4.74 Å². The number of aromatic hydroxyl groups is 1. The molecule has 0 fully saturated rings. The Balaban J connectivity index is 0.000000149. The van der Waals surface area contributed by atoms with E-state index in [4.69, 9.17) is 9.72 Å². The molecule has 0 atom stereocenters. The van der Waals surface area contributed by atoms with Crippen LogP contribution in [0.3, 0.4) is 0 Å². The van der Waals surface area contributed by atoms with E-state index < -0.39 is 0 Å². The van der Waals surface area contributed by atoms with Gasteiger partial charge in [-0.1, -0.05) is 135 Å². The predicted octanol–water partition coefficient (Wildman–Crippen LogP) is 17.9. The highest BCUT2D eigenvalue weighted by molar-refractivity contribution is 9.10. The Kier molecular flexibility index (Phi) is 14.5. The number of ether oxygens (including phenoxy) is 1. The van der Waals surface area contributed by atoms with Crippen molar-refractivity contribution in [1.29, 1.82) is 0 Å². The van der Waals surface area contributed by atoms with Gasteiger partial charge in [0.2, 0.25) is 0 Å². The van der Waals surface area contributed by atoms with Crippen molar-refractivity contribution in [2.45, 2.75) is 105 Å². The number of para-hydroxylation sites is 2. The predicted molar refractivity (Wildman–Crippen MR) is 329 cm³/mol. The monoisotopic (exact) mass is 1110 g/mol. The normalized spacial score (nSPS) is 12.2. The van der Waals surface area contributed by atoms with Crippen LogP contribution in [0.4, 0.5) is 0 Å². The third kappa shape index (κ3) is 11.6. The van der Waals surface area contributed by atoms with E-state index in [0.717, 1.165) is 71.8 Å². The van der Waals surface area contributed by atoms with Crippen molar-refractivity contribution >= 4 is 59.5 Å². The van der Waals surface area contributed by atoms with E-state index in [-0.39, 0.29) is 27.4 Å². The van der Waals surface area contributed by atoms with Crippen LogP contribution in [0.25, 0.3) is 66.6 Å². The first-order chi connectivity index (χ1) is 37.5. The van der Waals surface area contributed by atoms with Gasteiger partial charge < -0.3 is 19.0 Å². The Labute approximate surface area is 472 Å². The molecule has 79 heavy (non-hydrogen) atoms. The largest absolute Gasteiger partial charge is 0.508 e. The van der Waals surface area contributed by atoms with Crippen molar-refractivity contribution in [1.82, 2.24) is 38.2 Å². The molecular weight excluding hydrogens is 1040 g/mol. The lowest BCUT2D eigenvalue weighted by Crippen LogP contribution is -2.12. The molecule has 0 aliphatic heterocycles. The lowest BCUT2D eigenvalue weighted by atomic mass is 9.86. The molecule has 10 nitrogen and oxygen atoms in total. The lowest BCUT2D eigenvalue weighted by molar-refractivity contribution is 0.476. The van der Waals surface area contributed by atoms with Gasteiger partial charge in [0, 0.05) is 87.1 Å². The van der Waals surface area contributed by atoms with Gasteiger partial charge in [0.1, 0.15) is 28.9 Å². The zero-order valence-electron chi connectivity index (χ0n) is 47.3. The zero-order chi connectivity index (χ0) is 56.0. The summed E-state index contributed by atoms with van der Waals surface area (Å²) in [6.45, 7) is 26.6. The molecule has 0 spiro atoms. The third-order valence-corrected chi connectivity index (χ3v) is 14.8. The standard InChI is InChI=1S/C34H34N4O.C21H20N2O.C13H15BrN2/c1-33(2,3)23-13-14-36-32(19-23)38-30-10-8-7-9-28(30)29-12-11-26(21-31(29)38)39-27-18-24(34(4,5)6)17-25(20-27)37-16-15-35-22-37;1-21(2,3)14-10-11-22-20(12-14)23-18-7-5-4-6-16(18)17-9-8-15(24)13-19(17)23;1-13(2,3)10-6-11(14)8-12(7-10)16-5-4-15-9-16/h7-22H,1-6H3;4-13,24H,1-3H3;4-9H,1-3H3. The van der Waals surface area contributed by atoms with Crippen LogP contribution in [0.1, 0.15) is 105 Å². The lowest BCUT2D eigenvalue weighted by Gasteiger charge is -2.21. The molecule has 6 aromatic heterocycles. The second-order valence-corrected chi connectivity index (χ2v) is 25.3. The number of phenolic OH excluding ortho intramolecular Hbond substituents is 1. The zero-order valence-corrected chi connectivity index (χ0v) is 48.9. The Hall–Kier alpha value is -8.28. The first-order valence-electron chi connectivity index (χ1n) is 26.8. The second kappa shape index (κ2) is 21.2. The van der Waals surface area contributed by atoms with E-state index in [9.17, 15) is 5.11 Å². The summed E-state index contributed by atoms with van der Waals surface area (Å²) < 4.78 is 16.1. The van der Waals surface area contributed by atoms with Gasteiger partial charge in [-0.3, -0.25) is 9.13 Å². The van der Waals surface area contributed by atoms with E-state index >= 15 is 0 Å². The molecule has 0 unspecified atom stereocenters. The number of hydrogen-bond acceptors (Lipinski definition) is 6. The number of halogens is 1. The number of aromatic nitrogens is 8. The summed E-state index contributed by atoms with van der Waals surface area (Å²) in [7, 11) is 0. The molecule has 0 amide bonds. The number of pyridine rings is 2. The average molecular weight is 1110 g/mol. The van der Waals surface area contributed by atoms with E-state index in [1.165, 1.54) is 33.0 Å². The maximum Gasteiger partial charge on any atom is 0.137 e. The average Bonchev–Trinajstić information content (AvgIpc) is 4.46. The summed E-state index contributed by atoms with van der Waals surface area (Å²) in [5.41, 5.74) is 11.6. The van der Waals surface area contributed by atoms with Gasteiger partial charge in [-0.2, -0.15) is 0 Å². The fraction of sp³-hybridized carbons (Fsp3) is 0.235. The number of rotatable bonds is 6. The molecule has 0 saturated carbocycles. The number of hydrogen-bond donors (Lipinski definition) is 1. The van der Waals surface area contributed by atoms with E-state index in [1.807, 2.05) is 64.8 Å². The highest BCUT2D eigenvalue weighted by Crippen LogP contribution is 2.39. The van der Waals surface area contributed by atoms with Crippen molar-refractivity contribution < 1.29 is 9.84 Å². The molecule has 6 aromatic carbocycles. The third-order valence-electron chi connectivity index (χ3n) is 14.3. The second-order valence-electron chi connectivity index (χ2n) is 24.3. The smallest absolute Gasteiger partial charge is 0.137 e. The van der Waals surface area contributed by atoms with Gasteiger partial charge in [0.25, 0.3) is 0 Å². The van der Waals surface area contributed by atoms with Crippen LogP contribution in [0.2, 0.25) is 0 Å². The van der Waals surface area contributed by atoms with Gasteiger partial charge >= 0.3 is 0 Å². The van der Waals surface area contributed by atoms with Crippen LogP contribution in [-0.4, -0.2) is 43.3 Å². The number of fused-ring (bicyclic) bond motifs is 6. The quantitative estimate of drug-likeness (QED) is 0.178. The van der Waals surface area contributed by atoms with E-state index in [2.05, 4.69) is 238 Å². The molecule has 11 heteroatoms. The molecule has 0 bridgehead atoms. The summed E-state index contributed by atoms with van der Waals surface area (Å²) in [5.74, 6) is 3.61. The van der Waals surface area contributed by atoms with Crippen LogP contribution in [0.5, 0.6) is 17.2 Å². The van der Waals surface area contributed by atoms with Gasteiger partial charge in [0.15, 0.2) is 0 Å². The minimum Gasteiger partial charge on any atom is -0.508 e. The molecule has 0 aliphatic rings. The van der Waals surface area contributed by atoms with Crippen molar-refractivity contribution in [3.63, 3.8) is 0 Å². The maximum atomic E-state index is 9.98. The Morgan fingerprint density at radius 2 is 0.861 bits per heavy atom. The van der Waals surface area contributed by atoms with Crippen molar-refractivity contribution in [3.05, 3.63) is 222 Å². The summed E-state index contributed by atoms with van der Waals surface area (Å²) in [6, 6.07) is 50.0. The number of benzene rings is 6. The van der Waals surface area contributed by atoms with Gasteiger partial charge in [-0.05, 0) is 135 Å². The van der Waals surface area contributed by atoms with Crippen molar-refractivity contribution in [3.8, 4) is 40.3 Å². The minimum atomic E-state index is -0.0329. The summed E-state index contributed by atoms with van der Waals surface area (Å²) >= 11 is 3.56. The summed E-state index contributed by atoms with van der Waals surface area (Å²) in [6.07, 6.45) is 14.9. The van der Waals surface area contributed by atoms with Crippen LogP contribution in [0, 0.1) is 0 Å². The highest BCUT2D eigenvalue weighted by Gasteiger charge is 2.22. The fourth-order valence-corrected chi connectivity index (χ4v) is 10.3. The van der Waals surface area contributed by atoms with Crippen molar-refractivity contribution in [2.24, 2.45) is 0 Å². The molecule has 0 radical (unpaired) electrons. The van der Waals surface area contributed by atoms with Crippen molar-refractivity contribution in [2.75, 3.05) is 0 Å². The Bertz CT molecular complexity index is 4120. The van der Waals surface area contributed by atoms with E-state index in [1.54, 1.807) is 24.5 Å². The first kappa shape index (κ1) is 54.1. The molecule has 12 rings (SSSR count). The number of imidazole rings is 2. The number of nitrogens with zero attached hydrogens (tertiary/aromatic N) is 8. The van der Waals surface area contributed by atoms with Gasteiger partial charge in [-0.15, -0.1) is 0 Å². The fourth-order valence-electron chi connectivity index (χ4n) is 9.82. The van der Waals surface area contributed by atoms with Crippen LogP contribution in [0.15, 0.2) is 200 Å². The van der Waals surface area contributed by atoms with Gasteiger partial charge in [0.05, 0.1) is 40.4 Å². The highest BCUT2D eigenvalue weighted by atomic mass is 79.9. The summed E-state index contributed by atoms with van der Waals surface area (Å²) in [4.78, 5) is 17.7. The molecule has 1 N–H and O–H groups in total. The maximum absolute atomic E-state index is 9.98. The first-order valence-corrected chi connectivity index (χ1v) is 27.6. The molecule has 0 saturated heterocycles. The minimum absolute atomic E-state index is 0.0235. The summed E-state index contributed by atoms with van der Waals surface area (Å²) in [5, 5.41) is 14.6. The molecule has 400 valence electrons. The van der Waals surface area contributed by atoms with Crippen LogP contribution >= 0.6 is 15.9 Å². The Morgan fingerprint density at radius 1 is 0.405 bits per heavy atom.